The van der Waals surface area contributed by atoms with Gasteiger partial charge in [-0.05, 0) is 44.7 Å². The number of nitrogens with one attached hydrogen (secondary N) is 3. The van der Waals surface area contributed by atoms with Crippen LogP contribution in [0.15, 0.2) is 18.2 Å². The fourth-order valence-corrected chi connectivity index (χ4v) is 2.68. The molecule has 2 rings (SSSR count). The molecule has 21 heavy (non-hydrogen) atoms. The average molecular weight is 309 g/mol. The highest BCUT2D eigenvalue weighted by molar-refractivity contribution is 7.89. The molecule has 1 aromatic carbocycles. The van der Waals surface area contributed by atoms with Gasteiger partial charge < -0.3 is 10.3 Å². The number of amides is 1. The minimum atomic E-state index is -3.31. The highest BCUT2D eigenvalue weighted by Crippen LogP contribution is 2.22. The van der Waals surface area contributed by atoms with Gasteiger partial charge in [-0.15, -0.1) is 0 Å². The molecule has 0 fully saturated rings. The Morgan fingerprint density at radius 1 is 1.29 bits per heavy atom. The van der Waals surface area contributed by atoms with E-state index in [-0.39, 0.29) is 18.2 Å². The fraction of sp³-hybridized carbons (Fsp3) is 0.357. The third kappa shape index (κ3) is 3.43. The average Bonchev–Trinajstić information content (AvgIpc) is 2.73. The molecule has 114 valence electrons. The number of hydrogen-bond acceptors (Lipinski definition) is 3. The van der Waals surface area contributed by atoms with E-state index in [0.717, 1.165) is 22.2 Å². The standard InChI is InChI=1S/C14H19N3O3S/c1-9-10(2)17-13-5-4-11(8-12(9)13)14(18)16-6-7-21(19,20)15-3/h4-5,8,15,17H,6-7H2,1-3H3,(H,16,18). The first-order valence-electron chi connectivity index (χ1n) is 6.62. The molecule has 0 unspecified atom stereocenters. The van der Waals surface area contributed by atoms with Crippen molar-refractivity contribution < 1.29 is 13.2 Å². The summed E-state index contributed by atoms with van der Waals surface area (Å²) in [6, 6.07) is 5.39. The first-order chi connectivity index (χ1) is 9.84. The van der Waals surface area contributed by atoms with Crippen LogP contribution in [0, 0.1) is 13.8 Å². The largest absolute Gasteiger partial charge is 0.358 e. The van der Waals surface area contributed by atoms with Gasteiger partial charge in [0.15, 0.2) is 0 Å². The topological polar surface area (TPSA) is 91.1 Å². The second kappa shape index (κ2) is 5.87. The third-order valence-electron chi connectivity index (χ3n) is 3.54. The Kier molecular flexibility index (Phi) is 4.34. The van der Waals surface area contributed by atoms with Crippen LogP contribution in [0.5, 0.6) is 0 Å². The molecule has 1 aromatic heterocycles. The molecule has 1 heterocycles. The smallest absolute Gasteiger partial charge is 0.251 e. The molecule has 0 bridgehead atoms. The number of sulfonamides is 1. The molecule has 0 spiro atoms. The van der Waals surface area contributed by atoms with E-state index in [0.29, 0.717) is 5.56 Å². The Morgan fingerprint density at radius 2 is 2.00 bits per heavy atom. The molecule has 3 N–H and O–H groups in total. The minimum Gasteiger partial charge on any atom is -0.358 e. The van der Waals surface area contributed by atoms with Gasteiger partial charge in [-0.1, -0.05) is 0 Å². The maximum Gasteiger partial charge on any atom is 0.251 e. The van der Waals surface area contributed by atoms with Crippen LogP contribution in [0.4, 0.5) is 0 Å². The van der Waals surface area contributed by atoms with Crippen molar-refractivity contribution in [3.63, 3.8) is 0 Å². The number of rotatable bonds is 5. The van der Waals surface area contributed by atoms with E-state index >= 15 is 0 Å². The lowest BCUT2D eigenvalue weighted by Crippen LogP contribution is -2.32. The maximum absolute atomic E-state index is 12.0. The number of fused-ring (bicyclic) bond motifs is 1. The van der Waals surface area contributed by atoms with Crippen molar-refractivity contribution in [3.05, 3.63) is 35.0 Å². The molecule has 0 saturated heterocycles. The zero-order chi connectivity index (χ0) is 15.6. The predicted molar refractivity (Wildman–Crippen MR) is 83.0 cm³/mol. The lowest BCUT2D eigenvalue weighted by atomic mass is 10.1. The van der Waals surface area contributed by atoms with Crippen molar-refractivity contribution >= 4 is 26.8 Å². The maximum atomic E-state index is 12.0. The molecule has 0 saturated carbocycles. The van der Waals surface area contributed by atoms with E-state index < -0.39 is 10.0 Å². The van der Waals surface area contributed by atoms with Crippen LogP contribution < -0.4 is 10.0 Å². The van der Waals surface area contributed by atoms with Gasteiger partial charge in [-0.3, -0.25) is 4.79 Å². The van der Waals surface area contributed by atoms with Gasteiger partial charge in [0.1, 0.15) is 0 Å². The van der Waals surface area contributed by atoms with E-state index in [1.54, 1.807) is 6.07 Å². The first kappa shape index (κ1) is 15.5. The summed E-state index contributed by atoms with van der Waals surface area (Å²) in [7, 11) is -1.96. The van der Waals surface area contributed by atoms with Gasteiger partial charge >= 0.3 is 0 Å². The van der Waals surface area contributed by atoms with Gasteiger partial charge in [0.2, 0.25) is 10.0 Å². The van der Waals surface area contributed by atoms with Crippen molar-refractivity contribution in [1.29, 1.82) is 0 Å². The molecular weight excluding hydrogens is 290 g/mol. The van der Waals surface area contributed by atoms with E-state index in [1.807, 2.05) is 26.0 Å². The highest BCUT2D eigenvalue weighted by atomic mass is 32.2. The van der Waals surface area contributed by atoms with Crippen molar-refractivity contribution in [2.75, 3.05) is 19.3 Å². The summed E-state index contributed by atoms with van der Waals surface area (Å²) < 4.78 is 24.8. The molecule has 0 radical (unpaired) electrons. The van der Waals surface area contributed by atoms with Crippen LogP contribution in [0.1, 0.15) is 21.6 Å². The van der Waals surface area contributed by atoms with E-state index in [2.05, 4.69) is 15.0 Å². The van der Waals surface area contributed by atoms with Gasteiger partial charge in [-0.25, -0.2) is 13.1 Å². The van der Waals surface area contributed by atoms with Gasteiger partial charge in [0.25, 0.3) is 5.91 Å². The van der Waals surface area contributed by atoms with Crippen LogP contribution >= 0.6 is 0 Å². The Labute approximate surface area is 124 Å². The zero-order valence-electron chi connectivity index (χ0n) is 12.3. The Hall–Kier alpha value is -1.86. The predicted octanol–water partition coefficient (Wildman–Crippen LogP) is 1.06. The van der Waals surface area contributed by atoms with E-state index in [9.17, 15) is 13.2 Å². The summed E-state index contributed by atoms with van der Waals surface area (Å²) in [5.74, 6) is -0.416. The number of aromatic nitrogens is 1. The lowest BCUT2D eigenvalue weighted by Gasteiger charge is -2.06. The molecule has 0 aliphatic carbocycles. The third-order valence-corrected chi connectivity index (χ3v) is 4.90. The Balaban J connectivity index is 2.11. The van der Waals surface area contributed by atoms with Crippen LogP contribution in [0.3, 0.4) is 0 Å². The van der Waals surface area contributed by atoms with E-state index in [4.69, 9.17) is 0 Å². The van der Waals surface area contributed by atoms with E-state index in [1.165, 1.54) is 7.05 Å². The number of aryl methyl sites for hydroxylation is 2. The minimum absolute atomic E-state index is 0.0746. The van der Waals surface area contributed by atoms with Crippen molar-refractivity contribution in [1.82, 2.24) is 15.0 Å². The second-order valence-electron chi connectivity index (χ2n) is 4.91. The molecular formula is C14H19N3O3S. The number of hydrogen-bond donors (Lipinski definition) is 3. The monoisotopic (exact) mass is 309 g/mol. The highest BCUT2D eigenvalue weighted by Gasteiger charge is 2.11. The second-order valence-corrected chi connectivity index (χ2v) is 6.96. The van der Waals surface area contributed by atoms with Crippen LogP contribution in [0.2, 0.25) is 0 Å². The summed E-state index contributed by atoms with van der Waals surface area (Å²) in [5.41, 5.74) is 3.69. The SMILES string of the molecule is CNS(=O)(=O)CCNC(=O)c1ccc2[nH]c(C)c(C)c2c1. The summed E-state index contributed by atoms with van der Waals surface area (Å²) in [6.07, 6.45) is 0. The molecule has 0 atom stereocenters. The van der Waals surface area contributed by atoms with Gasteiger partial charge in [0, 0.05) is 28.7 Å². The van der Waals surface area contributed by atoms with Crippen molar-refractivity contribution in [2.45, 2.75) is 13.8 Å². The fourth-order valence-electron chi connectivity index (χ4n) is 2.11. The number of H-pyrrole nitrogens is 1. The summed E-state index contributed by atoms with van der Waals surface area (Å²) in [4.78, 5) is 15.3. The molecule has 1 amide bonds. The number of aromatic amines is 1. The van der Waals surface area contributed by atoms with Crippen LogP contribution in [-0.4, -0.2) is 38.7 Å². The molecule has 6 nitrogen and oxygen atoms in total. The first-order valence-corrected chi connectivity index (χ1v) is 8.27. The number of benzene rings is 1. The lowest BCUT2D eigenvalue weighted by molar-refractivity contribution is 0.0956. The zero-order valence-corrected chi connectivity index (χ0v) is 13.1. The Bertz CT molecular complexity index is 778. The quantitative estimate of drug-likeness (QED) is 0.771. The number of carbonyl (C=O) groups is 1. The van der Waals surface area contributed by atoms with Gasteiger partial charge in [-0.2, -0.15) is 0 Å². The molecule has 0 aliphatic rings. The summed E-state index contributed by atoms with van der Waals surface area (Å²) in [5, 5.41) is 3.61. The van der Waals surface area contributed by atoms with Crippen molar-refractivity contribution in [3.8, 4) is 0 Å². The Morgan fingerprint density at radius 3 is 2.67 bits per heavy atom. The summed E-state index contributed by atoms with van der Waals surface area (Å²) >= 11 is 0. The van der Waals surface area contributed by atoms with Crippen LogP contribution in [0.25, 0.3) is 10.9 Å². The van der Waals surface area contributed by atoms with Crippen LogP contribution in [-0.2, 0) is 10.0 Å². The molecule has 0 aliphatic heterocycles. The molecule has 2 aromatic rings. The summed E-state index contributed by atoms with van der Waals surface area (Å²) in [6.45, 7) is 4.05. The number of carbonyl (C=O) groups excluding carboxylic acids is 1. The normalized spacial score (nSPS) is 11.8. The molecule has 7 heteroatoms. The van der Waals surface area contributed by atoms with Crippen molar-refractivity contribution in [2.24, 2.45) is 0 Å². The van der Waals surface area contributed by atoms with Gasteiger partial charge in [0.05, 0.1) is 5.75 Å².